The third-order valence-electron chi connectivity index (χ3n) is 2.74. The minimum atomic E-state index is -0.285. The molecule has 0 aromatic rings. The summed E-state index contributed by atoms with van der Waals surface area (Å²) in [5.41, 5.74) is 5.48. The van der Waals surface area contributed by atoms with Crippen LogP contribution < -0.4 is 11.1 Å². The number of carbonyl (C=O) groups is 1. The second-order valence-corrected chi connectivity index (χ2v) is 4.52. The predicted octanol–water partition coefficient (Wildman–Crippen LogP) is 2.24. The van der Waals surface area contributed by atoms with Crippen LogP contribution in [-0.2, 0) is 4.79 Å². The van der Waals surface area contributed by atoms with E-state index in [2.05, 4.69) is 12.2 Å². The van der Waals surface area contributed by atoms with Gasteiger partial charge in [-0.2, -0.15) is 0 Å². The van der Waals surface area contributed by atoms with Crippen molar-refractivity contribution in [1.29, 1.82) is 0 Å². The van der Waals surface area contributed by atoms with E-state index in [9.17, 15) is 4.79 Å². The van der Waals surface area contributed by atoms with E-state index in [0.717, 1.165) is 25.9 Å². The number of rotatable bonds is 11. The maximum atomic E-state index is 11.2. The van der Waals surface area contributed by atoms with Gasteiger partial charge in [-0.1, -0.05) is 26.2 Å². The zero-order valence-corrected chi connectivity index (χ0v) is 10.9. The van der Waals surface area contributed by atoms with Crippen LogP contribution in [0.5, 0.6) is 0 Å². The van der Waals surface area contributed by atoms with Crippen LogP contribution in [0.25, 0.3) is 0 Å². The lowest BCUT2D eigenvalue weighted by molar-refractivity contribution is -0.120. The largest absolute Gasteiger partial charge is 0.322 e. The molecule has 1 atom stereocenters. The highest BCUT2D eigenvalue weighted by Crippen LogP contribution is 2.01. The number of nitrogens with one attached hydrogen (secondary N) is 1. The molecule has 16 heavy (non-hydrogen) atoms. The van der Waals surface area contributed by atoms with Crippen molar-refractivity contribution in [1.82, 2.24) is 5.32 Å². The Hall–Kier alpha value is -0.410. The molecule has 0 aliphatic carbocycles. The first-order valence-corrected chi connectivity index (χ1v) is 6.67. The van der Waals surface area contributed by atoms with Crippen molar-refractivity contribution in [3.05, 3.63) is 0 Å². The van der Waals surface area contributed by atoms with Gasteiger partial charge in [-0.15, -0.1) is 0 Å². The highest BCUT2D eigenvalue weighted by atomic mass is 16.1. The summed E-state index contributed by atoms with van der Waals surface area (Å²) in [6.45, 7) is 6.19. The van der Waals surface area contributed by atoms with Gasteiger partial charge in [0.2, 0.25) is 0 Å². The van der Waals surface area contributed by atoms with Crippen LogP contribution in [-0.4, -0.2) is 24.9 Å². The first-order valence-electron chi connectivity index (χ1n) is 6.67. The maximum absolute atomic E-state index is 11.2. The van der Waals surface area contributed by atoms with Crippen molar-refractivity contribution in [2.75, 3.05) is 13.1 Å². The molecule has 0 radical (unpaired) electrons. The van der Waals surface area contributed by atoms with Crippen molar-refractivity contribution < 1.29 is 4.79 Å². The summed E-state index contributed by atoms with van der Waals surface area (Å²) in [6.07, 6.45) is 7.79. The molecule has 0 unspecified atom stereocenters. The molecule has 0 rings (SSSR count). The zero-order valence-electron chi connectivity index (χ0n) is 10.9. The smallest absolute Gasteiger partial charge is 0.149 e. The summed E-state index contributed by atoms with van der Waals surface area (Å²) >= 11 is 0. The summed E-state index contributed by atoms with van der Waals surface area (Å²) in [4.78, 5) is 11.2. The van der Waals surface area contributed by atoms with Crippen LogP contribution >= 0.6 is 0 Å². The number of ketones is 1. The van der Waals surface area contributed by atoms with Gasteiger partial charge in [0, 0.05) is 6.42 Å². The molecule has 0 bridgehead atoms. The third-order valence-corrected chi connectivity index (χ3v) is 2.74. The lowest BCUT2D eigenvalue weighted by atomic mass is 10.1. The average molecular weight is 228 g/mol. The van der Waals surface area contributed by atoms with Gasteiger partial charge < -0.3 is 11.1 Å². The molecule has 0 aliphatic rings. The van der Waals surface area contributed by atoms with Gasteiger partial charge in [0.25, 0.3) is 0 Å². The van der Waals surface area contributed by atoms with Crippen molar-refractivity contribution >= 4 is 5.78 Å². The lowest BCUT2D eigenvalue weighted by Gasteiger charge is -2.05. The van der Waals surface area contributed by atoms with Gasteiger partial charge in [-0.3, -0.25) is 4.79 Å². The minimum Gasteiger partial charge on any atom is -0.322 e. The van der Waals surface area contributed by atoms with E-state index < -0.39 is 0 Å². The van der Waals surface area contributed by atoms with Gasteiger partial charge in [-0.25, -0.2) is 0 Å². The molecule has 3 heteroatoms. The third kappa shape index (κ3) is 10.1. The first-order chi connectivity index (χ1) is 7.68. The molecule has 0 heterocycles. The number of nitrogens with two attached hydrogens (primary N) is 1. The number of unbranched alkanes of at least 4 members (excludes halogenated alkanes) is 4. The maximum Gasteiger partial charge on any atom is 0.149 e. The topological polar surface area (TPSA) is 55.1 Å². The number of carbonyl (C=O) groups excluding carboxylic acids is 1. The van der Waals surface area contributed by atoms with Gasteiger partial charge in [0.05, 0.1) is 6.04 Å². The average Bonchev–Trinajstić information content (AvgIpc) is 2.26. The lowest BCUT2D eigenvalue weighted by Crippen LogP contribution is -2.26. The normalized spacial score (nSPS) is 12.7. The summed E-state index contributed by atoms with van der Waals surface area (Å²) in [5, 5.41) is 3.42. The van der Waals surface area contributed by atoms with E-state index in [4.69, 9.17) is 5.73 Å². The molecule has 3 N–H and O–H groups in total. The first kappa shape index (κ1) is 15.6. The molecule has 0 amide bonds. The molecule has 0 aliphatic heterocycles. The second kappa shape index (κ2) is 11.1. The van der Waals surface area contributed by atoms with Crippen LogP contribution in [0.4, 0.5) is 0 Å². The van der Waals surface area contributed by atoms with Crippen molar-refractivity contribution in [2.24, 2.45) is 5.73 Å². The number of hydrogen-bond donors (Lipinski definition) is 2. The van der Waals surface area contributed by atoms with Crippen LogP contribution in [0.1, 0.15) is 58.8 Å². The van der Waals surface area contributed by atoms with E-state index in [0.29, 0.717) is 6.42 Å². The predicted molar refractivity (Wildman–Crippen MR) is 69.5 cm³/mol. The van der Waals surface area contributed by atoms with Crippen LogP contribution in [0.15, 0.2) is 0 Å². The Bertz CT molecular complexity index is 169. The van der Waals surface area contributed by atoms with Gasteiger partial charge >= 0.3 is 0 Å². The molecule has 0 saturated carbocycles. The van der Waals surface area contributed by atoms with E-state index in [1.165, 1.54) is 25.7 Å². The van der Waals surface area contributed by atoms with Crippen molar-refractivity contribution in [2.45, 2.75) is 64.8 Å². The van der Waals surface area contributed by atoms with Crippen molar-refractivity contribution in [3.8, 4) is 0 Å². The van der Waals surface area contributed by atoms with Gasteiger partial charge in [-0.05, 0) is 39.3 Å². The Balaban J connectivity index is 3.07. The molecule has 0 aromatic heterocycles. The Kier molecular flexibility index (Phi) is 10.8. The van der Waals surface area contributed by atoms with E-state index in [1.54, 1.807) is 6.92 Å². The molecule has 3 nitrogen and oxygen atoms in total. The molecule has 0 fully saturated rings. The summed E-state index contributed by atoms with van der Waals surface area (Å²) < 4.78 is 0. The SMILES string of the molecule is CCCCCNCCCCCC(=O)[C@@H](C)N. The number of Topliss-reactive ketones (excluding diaryl/α,β-unsaturated/α-hetero) is 1. The Morgan fingerprint density at radius 1 is 1.12 bits per heavy atom. The van der Waals surface area contributed by atoms with Gasteiger partial charge in [0.1, 0.15) is 5.78 Å². The fourth-order valence-electron chi connectivity index (χ4n) is 1.58. The summed E-state index contributed by atoms with van der Waals surface area (Å²) in [5.74, 6) is 0.191. The monoisotopic (exact) mass is 228 g/mol. The van der Waals surface area contributed by atoms with Crippen LogP contribution in [0, 0.1) is 0 Å². The summed E-state index contributed by atoms with van der Waals surface area (Å²) in [7, 11) is 0. The van der Waals surface area contributed by atoms with Crippen LogP contribution in [0.2, 0.25) is 0 Å². The Morgan fingerprint density at radius 2 is 1.75 bits per heavy atom. The van der Waals surface area contributed by atoms with Crippen LogP contribution in [0.3, 0.4) is 0 Å². The molecule has 0 spiro atoms. The fraction of sp³-hybridized carbons (Fsp3) is 0.923. The Labute approximate surface area is 100 Å². The highest BCUT2D eigenvalue weighted by Gasteiger charge is 2.05. The zero-order chi connectivity index (χ0) is 12.2. The second-order valence-electron chi connectivity index (χ2n) is 4.52. The molecule has 0 saturated heterocycles. The van der Waals surface area contributed by atoms with E-state index >= 15 is 0 Å². The standard InChI is InChI=1S/C13H28N2O/c1-3-4-7-10-15-11-8-5-6-9-13(16)12(2)14/h12,15H,3-11,14H2,1-2H3/t12-/m1/s1. The van der Waals surface area contributed by atoms with E-state index in [-0.39, 0.29) is 11.8 Å². The quantitative estimate of drug-likeness (QED) is 0.533. The molecule has 0 aromatic carbocycles. The van der Waals surface area contributed by atoms with Crippen molar-refractivity contribution in [3.63, 3.8) is 0 Å². The summed E-state index contributed by atoms with van der Waals surface area (Å²) in [6, 6.07) is -0.285. The van der Waals surface area contributed by atoms with Gasteiger partial charge in [0.15, 0.2) is 0 Å². The molecular formula is C13H28N2O. The minimum absolute atomic E-state index is 0.191. The highest BCUT2D eigenvalue weighted by molar-refractivity contribution is 5.83. The molecular weight excluding hydrogens is 200 g/mol. The Morgan fingerprint density at radius 3 is 2.31 bits per heavy atom. The van der Waals surface area contributed by atoms with E-state index in [1.807, 2.05) is 0 Å². The molecule has 96 valence electrons. The fourth-order valence-corrected chi connectivity index (χ4v) is 1.58. The number of hydrogen-bond acceptors (Lipinski definition) is 3.